The lowest BCUT2D eigenvalue weighted by Crippen LogP contribution is -2.02. The maximum absolute atomic E-state index is 11.0. The minimum absolute atomic E-state index is 0.308. The summed E-state index contributed by atoms with van der Waals surface area (Å²) in [5, 5.41) is 0. The first-order chi connectivity index (χ1) is 11.2. The van der Waals surface area contributed by atoms with Gasteiger partial charge in [0.05, 0.1) is 20.3 Å². The van der Waals surface area contributed by atoms with E-state index in [1.54, 1.807) is 0 Å². The molecule has 0 N–H and O–H groups in total. The summed E-state index contributed by atoms with van der Waals surface area (Å²) in [6.45, 7) is 5.56. The van der Waals surface area contributed by atoms with E-state index in [2.05, 4.69) is 30.7 Å². The fourth-order valence-electron chi connectivity index (χ4n) is 2.04. The molecule has 0 radical (unpaired) electrons. The zero-order valence-corrected chi connectivity index (χ0v) is 14.5. The Morgan fingerprint density at radius 2 is 1.78 bits per heavy atom. The van der Waals surface area contributed by atoms with Gasteiger partial charge in [-0.05, 0) is 49.8 Å². The van der Waals surface area contributed by atoms with Crippen LogP contribution in [0, 0.1) is 0 Å². The van der Waals surface area contributed by atoms with Crippen LogP contribution in [0.5, 0.6) is 11.5 Å². The summed E-state index contributed by atoms with van der Waals surface area (Å²) in [6, 6.07) is 6.12. The van der Waals surface area contributed by atoms with E-state index in [1.807, 2.05) is 12.1 Å². The Hall–Kier alpha value is -1.97. The highest BCUT2D eigenvalue weighted by molar-refractivity contribution is 5.81. The van der Waals surface area contributed by atoms with E-state index in [0.717, 1.165) is 43.6 Å². The molecule has 1 rings (SSSR count). The summed E-state index contributed by atoms with van der Waals surface area (Å²) < 4.78 is 16.1. The first-order valence-corrected chi connectivity index (χ1v) is 8.34. The van der Waals surface area contributed by atoms with E-state index in [9.17, 15) is 4.79 Å². The minimum atomic E-state index is -0.308. The first-order valence-electron chi connectivity index (χ1n) is 8.34. The van der Waals surface area contributed by atoms with Crippen molar-refractivity contribution in [3.05, 3.63) is 35.9 Å². The summed E-state index contributed by atoms with van der Waals surface area (Å²) in [5.74, 6) is 1.33. The quantitative estimate of drug-likeness (QED) is 0.346. The number of hydrogen-bond donors (Lipinski definition) is 0. The molecule has 0 aliphatic heterocycles. The molecule has 0 aromatic heterocycles. The molecule has 0 saturated heterocycles. The van der Waals surface area contributed by atoms with Crippen molar-refractivity contribution in [2.45, 2.75) is 46.0 Å². The van der Waals surface area contributed by atoms with Crippen LogP contribution in [0.15, 0.2) is 30.4 Å². The van der Waals surface area contributed by atoms with Crippen LogP contribution in [0.2, 0.25) is 0 Å². The lowest BCUT2D eigenvalue weighted by molar-refractivity contribution is -0.134. The first kappa shape index (κ1) is 19.1. The molecule has 4 heteroatoms. The average Bonchev–Trinajstić information content (AvgIpc) is 2.58. The second-order valence-corrected chi connectivity index (χ2v) is 5.30. The van der Waals surface area contributed by atoms with Crippen LogP contribution in [0.1, 0.15) is 45.1 Å². The Kier molecular flexibility index (Phi) is 9.60. The fourth-order valence-corrected chi connectivity index (χ4v) is 2.04. The van der Waals surface area contributed by atoms with Gasteiger partial charge in [0, 0.05) is 6.08 Å². The summed E-state index contributed by atoms with van der Waals surface area (Å²) in [7, 11) is 1.38. The van der Waals surface area contributed by atoms with Crippen LogP contribution in [-0.2, 0) is 16.0 Å². The van der Waals surface area contributed by atoms with Gasteiger partial charge in [-0.25, -0.2) is 4.79 Å². The van der Waals surface area contributed by atoms with E-state index in [4.69, 9.17) is 9.47 Å². The van der Waals surface area contributed by atoms with Gasteiger partial charge in [0.2, 0.25) is 0 Å². The van der Waals surface area contributed by atoms with Crippen LogP contribution in [0.4, 0.5) is 0 Å². The molecule has 23 heavy (non-hydrogen) atoms. The predicted molar refractivity (Wildman–Crippen MR) is 92.1 cm³/mol. The number of benzene rings is 1. The third-order valence-electron chi connectivity index (χ3n) is 3.22. The lowest BCUT2D eigenvalue weighted by atomic mass is 10.1. The number of rotatable bonds is 11. The lowest BCUT2D eigenvalue weighted by Gasteiger charge is -2.13. The third-order valence-corrected chi connectivity index (χ3v) is 3.22. The molecule has 0 saturated carbocycles. The molecule has 0 fully saturated rings. The number of methoxy groups -OCH3 is 1. The van der Waals surface area contributed by atoms with Crippen LogP contribution >= 0.6 is 0 Å². The number of carbonyl (C=O) groups is 1. The van der Waals surface area contributed by atoms with Gasteiger partial charge in [0.15, 0.2) is 11.5 Å². The monoisotopic (exact) mass is 320 g/mol. The van der Waals surface area contributed by atoms with Gasteiger partial charge in [-0.2, -0.15) is 0 Å². The molecular weight excluding hydrogens is 292 g/mol. The van der Waals surface area contributed by atoms with Crippen LogP contribution in [0.3, 0.4) is 0 Å². The van der Waals surface area contributed by atoms with Gasteiger partial charge in [0.25, 0.3) is 0 Å². The molecule has 0 aliphatic rings. The molecule has 0 spiro atoms. The molecule has 128 valence electrons. The second-order valence-electron chi connectivity index (χ2n) is 5.30. The number of allylic oxidation sites excluding steroid dienone is 1. The Morgan fingerprint density at radius 1 is 1.09 bits per heavy atom. The van der Waals surface area contributed by atoms with Crippen molar-refractivity contribution in [3.63, 3.8) is 0 Å². The topological polar surface area (TPSA) is 44.8 Å². The molecule has 0 heterocycles. The molecule has 0 atom stereocenters. The van der Waals surface area contributed by atoms with Gasteiger partial charge >= 0.3 is 5.97 Å². The smallest absolute Gasteiger partial charge is 0.330 e. The maximum atomic E-state index is 11.0. The standard InChI is InChI=1S/C19H28O4/c1-4-13-22-17-12-11-16(15-18(17)23-14-5-2)9-7-6-8-10-19(20)21-3/h8,10-12,15H,4-7,9,13-14H2,1-3H3. The van der Waals surface area contributed by atoms with Crippen LogP contribution in [0.25, 0.3) is 0 Å². The van der Waals surface area contributed by atoms with E-state index in [-0.39, 0.29) is 5.97 Å². The van der Waals surface area contributed by atoms with Gasteiger partial charge in [-0.15, -0.1) is 0 Å². The van der Waals surface area contributed by atoms with Crippen molar-refractivity contribution in [2.24, 2.45) is 0 Å². The Labute approximate surface area is 139 Å². The summed E-state index contributed by atoms with van der Waals surface area (Å²) >= 11 is 0. The number of carbonyl (C=O) groups excluding carboxylic acids is 1. The van der Waals surface area contributed by atoms with Gasteiger partial charge < -0.3 is 14.2 Å². The van der Waals surface area contributed by atoms with Gasteiger partial charge in [-0.3, -0.25) is 0 Å². The van der Waals surface area contributed by atoms with Crippen LogP contribution < -0.4 is 9.47 Å². The fraction of sp³-hybridized carbons (Fsp3) is 0.526. The van der Waals surface area contributed by atoms with Crippen molar-refractivity contribution >= 4 is 5.97 Å². The molecule has 0 bridgehead atoms. The molecular formula is C19H28O4. The van der Waals surface area contributed by atoms with Crippen molar-refractivity contribution in [1.29, 1.82) is 0 Å². The molecule has 1 aromatic carbocycles. The third kappa shape index (κ3) is 7.73. The summed E-state index contributed by atoms with van der Waals surface area (Å²) in [4.78, 5) is 11.0. The zero-order valence-electron chi connectivity index (χ0n) is 14.5. The van der Waals surface area contributed by atoms with Crippen molar-refractivity contribution < 1.29 is 19.0 Å². The van der Waals surface area contributed by atoms with E-state index >= 15 is 0 Å². The number of hydrogen-bond acceptors (Lipinski definition) is 4. The largest absolute Gasteiger partial charge is 0.490 e. The van der Waals surface area contributed by atoms with Gasteiger partial charge in [-0.1, -0.05) is 26.0 Å². The van der Waals surface area contributed by atoms with Crippen LogP contribution in [-0.4, -0.2) is 26.3 Å². The number of esters is 1. The minimum Gasteiger partial charge on any atom is -0.490 e. The molecule has 1 aromatic rings. The molecule has 4 nitrogen and oxygen atoms in total. The number of unbranched alkanes of at least 4 members (excludes halogenated alkanes) is 1. The highest BCUT2D eigenvalue weighted by Crippen LogP contribution is 2.29. The normalized spacial score (nSPS) is 10.7. The summed E-state index contributed by atoms with van der Waals surface area (Å²) in [6.07, 6.45) is 8.00. The predicted octanol–water partition coefficient (Wildman–Crippen LogP) is 4.32. The Morgan fingerprint density at radius 3 is 2.43 bits per heavy atom. The zero-order chi connectivity index (χ0) is 16.9. The molecule has 0 amide bonds. The Balaban J connectivity index is 2.57. The van der Waals surface area contributed by atoms with Gasteiger partial charge in [0.1, 0.15) is 0 Å². The number of ether oxygens (including phenoxy) is 3. The highest BCUT2D eigenvalue weighted by Gasteiger charge is 2.06. The van der Waals surface area contributed by atoms with Crippen molar-refractivity contribution in [2.75, 3.05) is 20.3 Å². The van der Waals surface area contributed by atoms with E-state index in [1.165, 1.54) is 18.7 Å². The maximum Gasteiger partial charge on any atom is 0.330 e. The summed E-state index contributed by atoms with van der Waals surface area (Å²) in [5.41, 5.74) is 1.21. The SMILES string of the molecule is CCCOc1ccc(CCCC=CC(=O)OC)cc1OCCC. The van der Waals surface area contributed by atoms with E-state index < -0.39 is 0 Å². The second kappa shape index (κ2) is 11.6. The van der Waals surface area contributed by atoms with Crippen molar-refractivity contribution in [3.8, 4) is 11.5 Å². The van der Waals surface area contributed by atoms with E-state index in [0.29, 0.717) is 13.2 Å². The molecule has 0 unspecified atom stereocenters. The average molecular weight is 320 g/mol. The molecule has 0 aliphatic carbocycles. The highest BCUT2D eigenvalue weighted by atomic mass is 16.5. The van der Waals surface area contributed by atoms with Crippen molar-refractivity contribution in [1.82, 2.24) is 0 Å². The Bertz CT molecular complexity index is 494. The number of aryl methyl sites for hydroxylation is 1.